The molecule has 38 heavy (non-hydrogen) atoms. The lowest BCUT2D eigenvalue weighted by molar-refractivity contribution is 0.102. The van der Waals surface area contributed by atoms with Crippen LogP contribution < -0.4 is 10.2 Å². The number of pyridine rings is 2. The van der Waals surface area contributed by atoms with E-state index in [4.69, 9.17) is 0 Å². The molecule has 5 rings (SSSR count). The van der Waals surface area contributed by atoms with E-state index in [-0.39, 0.29) is 11.9 Å². The average Bonchev–Trinajstić information content (AvgIpc) is 3.59. The maximum atomic E-state index is 12.9. The van der Waals surface area contributed by atoms with E-state index < -0.39 is 0 Å². The van der Waals surface area contributed by atoms with Crippen molar-refractivity contribution < 1.29 is 4.79 Å². The van der Waals surface area contributed by atoms with Crippen LogP contribution in [0.4, 0.5) is 11.4 Å². The maximum Gasteiger partial charge on any atom is 0.257 e. The predicted octanol–water partition coefficient (Wildman–Crippen LogP) is 3.59. The summed E-state index contributed by atoms with van der Waals surface area (Å²) in [6.07, 6.45) is 10.5. The van der Waals surface area contributed by atoms with Gasteiger partial charge >= 0.3 is 0 Å². The minimum Gasteiger partial charge on any atom is -0.368 e. The summed E-state index contributed by atoms with van der Waals surface area (Å²) in [5, 5.41) is 15.9. The van der Waals surface area contributed by atoms with Crippen molar-refractivity contribution in [1.82, 2.24) is 39.6 Å². The molecule has 0 radical (unpaired) electrons. The first kappa shape index (κ1) is 25.5. The van der Waals surface area contributed by atoms with Gasteiger partial charge in [-0.1, -0.05) is 5.21 Å². The molecule has 0 bridgehead atoms. The molecule has 1 amide bonds. The summed E-state index contributed by atoms with van der Waals surface area (Å²) in [4.78, 5) is 26.7. The lowest BCUT2D eigenvalue weighted by Crippen LogP contribution is -2.48. The third-order valence-electron chi connectivity index (χ3n) is 6.88. The molecule has 0 unspecified atom stereocenters. The topological polar surface area (TPSA) is 110 Å². The SMILES string of the molecule is Cc1ncc(C(=O)Nc2cnn(C(C)C)c2)cc1-n1cc(-c2cncc(N3CCN(C(C)C)CC3)c2)nn1. The fourth-order valence-corrected chi connectivity index (χ4v) is 4.52. The molecule has 4 aromatic rings. The number of carbonyl (C=O) groups excluding carboxylic acids is 1. The number of piperazine rings is 1. The smallest absolute Gasteiger partial charge is 0.257 e. The number of carbonyl (C=O) groups is 1. The van der Waals surface area contributed by atoms with E-state index in [2.05, 4.69) is 60.4 Å². The minimum atomic E-state index is -0.267. The summed E-state index contributed by atoms with van der Waals surface area (Å²) in [6, 6.07) is 4.65. The van der Waals surface area contributed by atoms with Gasteiger partial charge < -0.3 is 10.2 Å². The van der Waals surface area contributed by atoms with Gasteiger partial charge in [-0.2, -0.15) is 5.10 Å². The molecule has 0 saturated carbocycles. The number of aryl methyl sites for hydroxylation is 1. The molecule has 1 fully saturated rings. The highest BCUT2D eigenvalue weighted by atomic mass is 16.1. The highest BCUT2D eigenvalue weighted by Gasteiger charge is 2.20. The molecule has 0 aromatic carbocycles. The van der Waals surface area contributed by atoms with Crippen molar-refractivity contribution in [2.45, 2.75) is 46.7 Å². The van der Waals surface area contributed by atoms with E-state index in [0.717, 1.165) is 43.1 Å². The molecule has 11 heteroatoms. The molecule has 1 aliphatic rings. The Labute approximate surface area is 222 Å². The first-order valence-corrected chi connectivity index (χ1v) is 13.0. The summed E-state index contributed by atoms with van der Waals surface area (Å²) in [6.45, 7) is 14.4. The number of nitrogens with zero attached hydrogens (tertiary/aromatic N) is 9. The van der Waals surface area contributed by atoms with Gasteiger partial charge in [0.05, 0.1) is 46.9 Å². The van der Waals surface area contributed by atoms with Crippen molar-refractivity contribution in [2.75, 3.05) is 36.4 Å². The zero-order valence-electron chi connectivity index (χ0n) is 22.5. The largest absolute Gasteiger partial charge is 0.368 e. The highest BCUT2D eigenvalue weighted by Crippen LogP contribution is 2.24. The number of anilines is 2. The Morgan fingerprint density at radius 2 is 1.74 bits per heavy atom. The van der Waals surface area contributed by atoms with Gasteiger partial charge in [0, 0.05) is 62.4 Å². The second kappa shape index (κ2) is 10.7. The van der Waals surface area contributed by atoms with Gasteiger partial charge in [-0.3, -0.25) is 24.3 Å². The fraction of sp³-hybridized carbons (Fsp3) is 0.407. The summed E-state index contributed by atoms with van der Waals surface area (Å²) < 4.78 is 3.44. The van der Waals surface area contributed by atoms with Gasteiger partial charge in [0.1, 0.15) is 5.69 Å². The normalized spacial score (nSPS) is 14.4. The van der Waals surface area contributed by atoms with Gasteiger partial charge in [-0.05, 0) is 46.8 Å². The Morgan fingerprint density at radius 1 is 0.947 bits per heavy atom. The molecule has 0 atom stereocenters. The molecule has 11 nitrogen and oxygen atoms in total. The van der Waals surface area contributed by atoms with E-state index in [9.17, 15) is 4.79 Å². The van der Waals surface area contributed by atoms with Crippen molar-refractivity contribution in [1.29, 1.82) is 0 Å². The molecule has 5 heterocycles. The fourth-order valence-electron chi connectivity index (χ4n) is 4.52. The second-order valence-electron chi connectivity index (χ2n) is 10.2. The first-order valence-electron chi connectivity index (χ1n) is 13.0. The van der Waals surface area contributed by atoms with Crippen LogP contribution in [0.3, 0.4) is 0 Å². The van der Waals surface area contributed by atoms with Gasteiger partial charge in [-0.25, -0.2) is 4.68 Å². The standard InChI is InChI=1S/C27H34N10O/c1-18(2)34-6-8-35(9-7-34)24-10-21(12-28-15-24)25-17-37(33-32-25)26-11-22(13-29-20(26)5)27(38)31-23-14-30-36(16-23)19(3)4/h10-19H,6-9H2,1-5H3,(H,31,38). The molecular weight excluding hydrogens is 480 g/mol. The first-order chi connectivity index (χ1) is 18.3. The Kier molecular flexibility index (Phi) is 7.19. The maximum absolute atomic E-state index is 12.9. The van der Waals surface area contributed by atoms with Crippen LogP contribution in [0.1, 0.15) is 49.8 Å². The van der Waals surface area contributed by atoms with Crippen LogP contribution in [-0.2, 0) is 0 Å². The summed E-state index contributed by atoms with van der Waals surface area (Å²) in [7, 11) is 0. The Balaban J connectivity index is 1.33. The molecule has 4 aromatic heterocycles. The Hall–Kier alpha value is -4.12. The molecule has 0 aliphatic carbocycles. The van der Waals surface area contributed by atoms with Crippen LogP contribution in [0.15, 0.2) is 49.3 Å². The van der Waals surface area contributed by atoms with Gasteiger partial charge in [0.2, 0.25) is 0 Å². The number of nitrogens with one attached hydrogen (secondary N) is 1. The summed E-state index contributed by atoms with van der Waals surface area (Å²) in [5.74, 6) is -0.267. The van der Waals surface area contributed by atoms with Crippen LogP contribution in [0.2, 0.25) is 0 Å². The number of rotatable bonds is 7. The van der Waals surface area contributed by atoms with Crippen molar-refractivity contribution in [3.8, 4) is 16.9 Å². The van der Waals surface area contributed by atoms with E-state index >= 15 is 0 Å². The van der Waals surface area contributed by atoms with Crippen LogP contribution in [0.25, 0.3) is 16.9 Å². The van der Waals surface area contributed by atoms with E-state index in [1.807, 2.05) is 33.2 Å². The molecule has 0 spiro atoms. The summed E-state index contributed by atoms with van der Waals surface area (Å²) >= 11 is 0. The van der Waals surface area contributed by atoms with Crippen molar-refractivity contribution in [3.63, 3.8) is 0 Å². The zero-order valence-corrected chi connectivity index (χ0v) is 22.5. The number of aromatic nitrogens is 7. The van der Waals surface area contributed by atoms with E-state index in [1.54, 1.807) is 40.2 Å². The third-order valence-corrected chi connectivity index (χ3v) is 6.88. The molecule has 1 N–H and O–H groups in total. The van der Waals surface area contributed by atoms with Gasteiger partial charge in [0.25, 0.3) is 5.91 Å². The number of hydrogen-bond acceptors (Lipinski definition) is 8. The van der Waals surface area contributed by atoms with Crippen molar-refractivity contribution in [2.24, 2.45) is 0 Å². The van der Waals surface area contributed by atoms with Crippen LogP contribution in [0.5, 0.6) is 0 Å². The summed E-state index contributed by atoms with van der Waals surface area (Å²) in [5.41, 5.74) is 5.15. The minimum absolute atomic E-state index is 0.209. The average molecular weight is 515 g/mol. The van der Waals surface area contributed by atoms with Gasteiger partial charge in [0.15, 0.2) is 0 Å². The van der Waals surface area contributed by atoms with Crippen LogP contribution >= 0.6 is 0 Å². The number of hydrogen-bond donors (Lipinski definition) is 1. The molecular formula is C27H34N10O. The van der Waals surface area contributed by atoms with Crippen molar-refractivity contribution in [3.05, 3.63) is 60.6 Å². The highest BCUT2D eigenvalue weighted by molar-refractivity contribution is 6.04. The third kappa shape index (κ3) is 5.42. The Bertz CT molecular complexity index is 1410. The number of amides is 1. The van der Waals surface area contributed by atoms with E-state index in [0.29, 0.717) is 28.7 Å². The second-order valence-corrected chi connectivity index (χ2v) is 10.2. The Morgan fingerprint density at radius 3 is 2.45 bits per heavy atom. The molecule has 198 valence electrons. The lowest BCUT2D eigenvalue weighted by atomic mass is 10.2. The monoisotopic (exact) mass is 514 g/mol. The van der Waals surface area contributed by atoms with Gasteiger partial charge in [-0.15, -0.1) is 5.10 Å². The van der Waals surface area contributed by atoms with Crippen LogP contribution in [0, 0.1) is 6.92 Å². The molecule has 1 saturated heterocycles. The molecule has 1 aliphatic heterocycles. The van der Waals surface area contributed by atoms with E-state index in [1.165, 1.54) is 0 Å². The zero-order chi connectivity index (χ0) is 26.8. The van der Waals surface area contributed by atoms with Crippen LogP contribution in [-0.4, -0.2) is 77.8 Å². The quantitative estimate of drug-likeness (QED) is 0.398. The van der Waals surface area contributed by atoms with Crippen molar-refractivity contribution >= 4 is 17.3 Å². The lowest BCUT2D eigenvalue weighted by Gasteiger charge is -2.38. The predicted molar refractivity (Wildman–Crippen MR) is 147 cm³/mol.